The van der Waals surface area contributed by atoms with E-state index in [1.165, 1.54) is 0 Å². The number of ether oxygens (including phenoxy) is 1. The molecule has 5 heteroatoms. The quantitative estimate of drug-likeness (QED) is 0.641. The highest BCUT2D eigenvalue weighted by molar-refractivity contribution is 5.90. The topological polar surface area (TPSA) is 63.2 Å². The predicted molar refractivity (Wildman–Crippen MR) is 105 cm³/mol. The largest absolute Gasteiger partial charge is 0.489 e. The van der Waals surface area contributed by atoms with E-state index in [0.29, 0.717) is 19.1 Å². The maximum Gasteiger partial charge on any atom is 0.319 e. The van der Waals surface area contributed by atoms with Gasteiger partial charge in [-0.1, -0.05) is 50.2 Å². The molecule has 3 rings (SSSR count). The van der Waals surface area contributed by atoms with Gasteiger partial charge in [-0.15, -0.1) is 0 Å². The van der Waals surface area contributed by atoms with Gasteiger partial charge in [0.1, 0.15) is 17.9 Å². The summed E-state index contributed by atoms with van der Waals surface area (Å²) >= 11 is 0. The van der Waals surface area contributed by atoms with Crippen LogP contribution in [0.3, 0.4) is 0 Å². The number of rotatable bonds is 6. The first-order valence-electron chi connectivity index (χ1n) is 8.75. The number of anilines is 1. The van der Waals surface area contributed by atoms with Crippen LogP contribution < -0.4 is 15.4 Å². The third-order valence-electron chi connectivity index (χ3n) is 4.07. The minimum absolute atomic E-state index is 0.238. The van der Waals surface area contributed by atoms with E-state index in [2.05, 4.69) is 29.5 Å². The summed E-state index contributed by atoms with van der Waals surface area (Å²) in [5.74, 6) is 1.06. The molecule has 1 aromatic heterocycles. The molecule has 0 aliphatic rings. The fourth-order valence-electron chi connectivity index (χ4n) is 2.80. The Morgan fingerprint density at radius 2 is 1.88 bits per heavy atom. The molecule has 0 fully saturated rings. The molecule has 3 aromatic rings. The lowest BCUT2D eigenvalue weighted by Gasteiger charge is -2.14. The Hall–Kier alpha value is -3.08. The number of benzene rings is 2. The molecular formula is C21H23N3O2. The van der Waals surface area contributed by atoms with Crippen molar-refractivity contribution in [2.75, 3.05) is 18.5 Å². The summed E-state index contributed by atoms with van der Waals surface area (Å²) in [4.78, 5) is 16.5. The van der Waals surface area contributed by atoms with Gasteiger partial charge < -0.3 is 15.4 Å². The summed E-state index contributed by atoms with van der Waals surface area (Å²) in [5, 5.41) is 6.75. The van der Waals surface area contributed by atoms with Crippen LogP contribution >= 0.6 is 0 Å². The molecule has 0 atom stereocenters. The van der Waals surface area contributed by atoms with Gasteiger partial charge in [0.25, 0.3) is 0 Å². The van der Waals surface area contributed by atoms with Crippen LogP contribution in [0.15, 0.2) is 60.8 Å². The number of pyridine rings is 1. The number of carbonyl (C=O) groups is 1. The monoisotopic (exact) mass is 349 g/mol. The predicted octanol–water partition coefficient (Wildman–Crippen LogP) is 4.56. The van der Waals surface area contributed by atoms with Crippen molar-refractivity contribution in [2.45, 2.75) is 19.8 Å². The number of carbonyl (C=O) groups excluding carboxylic acids is 1. The van der Waals surface area contributed by atoms with Gasteiger partial charge in [-0.2, -0.15) is 0 Å². The summed E-state index contributed by atoms with van der Waals surface area (Å²) in [6, 6.07) is 17.3. The summed E-state index contributed by atoms with van der Waals surface area (Å²) in [6.45, 7) is 4.97. The number of hydrogen-bond acceptors (Lipinski definition) is 3. The number of amides is 2. The second kappa shape index (κ2) is 8.34. The molecule has 0 saturated carbocycles. The minimum atomic E-state index is -0.238. The molecule has 1 heterocycles. The number of fused-ring (bicyclic) bond motifs is 1. The Morgan fingerprint density at radius 1 is 1.08 bits per heavy atom. The average molecular weight is 349 g/mol. The lowest BCUT2D eigenvalue weighted by molar-refractivity contribution is 0.247. The van der Waals surface area contributed by atoms with E-state index in [9.17, 15) is 4.79 Å². The number of aromatic nitrogens is 1. The van der Waals surface area contributed by atoms with Crippen LogP contribution in [0.5, 0.6) is 5.75 Å². The highest BCUT2D eigenvalue weighted by Gasteiger charge is 2.09. The molecule has 0 unspecified atom stereocenters. The lowest BCUT2D eigenvalue weighted by Crippen LogP contribution is -2.32. The number of para-hydroxylation sites is 2. The van der Waals surface area contributed by atoms with Crippen LogP contribution in [-0.2, 0) is 0 Å². The van der Waals surface area contributed by atoms with Gasteiger partial charge in [-0.25, -0.2) is 4.79 Å². The SMILES string of the molecule is CC(C)c1ccccc1NC(=O)NCCOc1cccc2cccnc12. The first-order valence-corrected chi connectivity index (χ1v) is 8.75. The lowest BCUT2D eigenvalue weighted by atomic mass is 10.0. The molecule has 0 bridgehead atoms. The van der Waals surface area contributed by atoms with Gasteiger partial charge >= 0.3 is 6.03 Å². The highest BCUT2D eigenvalue weighted by Crippen LogP contribution is 2.24. The van der Waals surface area contributed by atoms with E-state index in [-0.39, 0.29) is 6.03 Å². The number of nitrogens with zero attached hydrogens (tertiary/aromatic N) is 1. The Morgan fingerprint density at radius 3 is 2.73 bits per heavy atom. The van der Waals surface area contributed by atoms with E-state index in [1.54, 1.807) is 6.20 Å². The normalized spacial score (nSPS) is 10.7. The smallest absolute Gasteiger partial charge is 0.319 e. The number of urea groups is 1. The Labute approximate surface area is 153 Å². The second-order valence-corrected chi connectivity index (χ2v) is 6.30. The summed E-state index contributed by atoms with van der Waals surface area (Å²) in [5.41, 5.74) is 2.77. The number of nitrogens with one attached hydrogen (secondary N) is 2. The Balaban J connectivity index is 1.51. The van der Waals surface area contributed by atoms with E-state index in [4.69, 9.17) is 4.74 Å². The van der Waals surface area contributed by atoms with Crippen LogP contribution in [0.2, 0.25) is 0 Å². The van der Waals surface area contributed by atoms with Gasteiger partial charge in [0.2, 0.25) is 0 Å². The van der Waals surface area contributed by atoms with Gasteiger partial charge in [0.05, 0.1) is 6.54 Å². The molecule has 0 spiro atoms. The Bertz CT molecular complexity index is 888. The van der Waals surface area contributed by atoms with E-state index < -0.39 is 0 Å². The van der Waals surface area contributed by atoms with Gasteiger partial charge in [0.15, 0.2) is 0 Å². The summed E-state index contributed by atoms with van der Waals surface area (Å²) in [6.07, 6.45) is 1.74. The standard InChI is InChI=1S/C21H23N3O2/c1-15(2)17-9-3-4-10-18(17)24-21(25)23-13-14-26-19-11-5-7-16-8-6-12-22-20(16)19/h3-12,15H,13-14H2,1-2H3,(H2,23,24,25). The van der Waals surface area contributed by atoms with Crippen LogP contribution in [0.25, 0.3) is 10.9 Å². The van der Waals surface area contributed by atoms with Crippen LogP contribution in [0.4, 0.5) is 10.5 Å². The fourth-order valence-corrected chi connectivity index (χ4v) is 2.80. The van der Waals surface area contributed by atoms with E-state index in [0.717, 1.165) is 27.9 Å². The summed E-state index contributed by atoms with van der Waals surface area (Å²) in [7, 11) is 0. The van der Waals surface area contributed by atoms with Crippen molar-refractivity contribution in [2.24, 2.45) is 0 Å². The average Bonchev–Trinajstić information content (AvgIpc) is 2.65. The molecule has 0 aliphatic heterocycles. The third kappa shape index (κ3) is 4.30. The zero-order chi connectivity index (χ0) is 18.4. The molecule has 2 aromatic carbocycles. The molecule has 2 amide bonds. The molecule has 26 heavy (non-hydrogen) atoms. The molecule has 0 aliphatic carbocycles. The zero-order valence-electron chi connectivity index (χ0n) is 15.0. The first kappa shape index (κ1) is 17.7. The molecule has 5 nitrogen and oxygen atoms in total. The van der Waals surface area contributed by atoms with E-state index in [1.807, 2.05) is 54.6 Å². The van der Waals surface area contributed by atoms with Crippen molar-refractivity contribution in [3.8, 4) is 5.75 Å². The fraction of sp³-hybridized carbons (Fsp3) is 0.238. The first-order chi connectivity index (χ1) is 12.6. The second-order valence-electron chi connectivity index (χ2n) is 6.30. The van der Waals surface area contributed by atoms with Gasteiger partial charge in [0, 0.05) is 17.3 Å². The summed E-state index contributed by atoms with van der Waals surface area (Å²) < 4.78 is 5.78. The van der Waals surface area contributed by atoms with Crippen molar-refractivity contribution < 1.29 is 9.53 Å². The molecule has 2 N–H and O–H groups in total. The maximum absolute atomic E-state index is 12.1. The number of hydrogen-bond donors (Lipinski definition) is 2. The van der Waals surface area contributed by atoms with Crippen LogP contribution in [-0.4, -0.2) is 24.2 Å². The Kier molecular flexibility index (Phi) is 5.69. The van der Waals surface area contributed by atoms with Crippen LogP contribution in [0.1, 0.15) is 25.3 Å². The third-order valence-corrected chi connectivity index (χ3v) is 4.07. The minimum Gasteiger partial charge on any atom is -0.489 e. The molecule has 134 valence electrons. The van der Waals surface area contributed by atoms with E-state index >= 15 is 0 Å². The van der Waals surface area contributed by atoms with Crippen molar-refractivity contribution in [1.82, 2.24) is 10.3 Å². The molecule has 0 saturated heterocycles. The zero-order valence-corrected chi connectivity index (χ0v) is 15.0. The van der Waals surface area contributed by atoms with Crippen molar-refractivity contribution >= 4 is 22.6 Å². The van der Waals surface area contributed by atoms with Crippen LogP contribution in [0, 0.1) is 0 Å². The maximum atomic E-state index is 12.1. The molecule has 0 radical (unpaired) electrons. The highest BCUT2D eigenvalue weighted by atomic mass is 16.5. The van der Waals surface area contributed by atoms with Crippen molar-refractivity contribution in [1.29, 1.82) is 0 Å². The van der Waals surface area contributed by atoms with Gasteiger partial charge in [-0.3, -0.25) is 4.98 Å². The van der Waals surface area contributed by atoms with Gasteiger partial charge in [-0.05, 0) is 29.7 Å². The van der Waals surface area contributed by atoms with Crippen molar-refractivity contribution in [3.63, 3.8) is 0 Å². The van der Waals surface area contributed by atoms with Crippen molar-refractivity contribution in [3.05, 3.63) is 66.4 Å². The molecular weight excluding hydrogens is 326 g/mol.